The van der Waals surface area contributed by atoms with E-state index in [1.54, 1.807) is 0 Å². The normalized spacial score (nSPS) is 20.0. The minimum absolute atomic E-state index is 0.364. The van der Waals surface area contributed by atoms with E-state index in [0.29, 0.717) is 25.7 Å². The fourth-order valence-corrected chi connectivity index (χ4v) is 5.05. The fraction of sp³-hybridized carbons (Fsp3) is 0.481. The summed E-state index contributed by atoms with van der Waals surface area (Å²) in [6.45, 7) is 3.91. The molecule has 2 aliphatic rings. The zero-order valence-electron chi connectivity index (χ0n) is 19.4. The van der Waals surface area contributed by atoms with Gasteiger partial charge in [-0.1, -0.05) is 48.5 Å². The lowest BCUT2D eigenvalue weighted by Gasteiger charge is -2.44. The van der Waals surface area contributed by atoms with Gasteiger partial charge in [0.1, 0.15) is 6.42 Å². The third-order valence-electron chi connectivity index (χ3n) is 7.44. The lowest BCUT2D eigenvalue weighted by atomic mass is 9.71. The van der Waals surface area contributed by atoms with Crippen molar-refractivity contribution in [2.24, 2.45) is 0 Å². The Kier molecular flexibility index (Phi) is 6.59. The van der Waals surface area contributed by atoms with Crippen LogP contribution in [-0.4, -0.2) is 33.2 Å². The van der Waals surface area contributed by atoms with E-state index in [-0.39, 0.29) is 6.42 Å². The van der Waals surface area contributed by atoms with Crippen LogP contribution in [0, 0.1) is 13.8 Å². The van der Waals surface area contributed by atoms with E-state index in [4.69, 9.17) is 0 Å². The molecule has 2 fully saturated rings. The molecule has 4 N–H and O–H groups in total. The Morgan fingerprint density at radius 2 is 1.12 bits per heavy atom. The Morgan fingerprint density at radius 3 is 1.42 bits per heavy atom. The molecule has 0 spiro atoms. The summed E-state index contributed by atoms with van der Waals surface area (Å²) >= 11 is 0. The molecule has 0 heterocycles. The zero-order valence-corrected chi connectivity index (χ0v) is 19.4. The fourth-order valence-electron chi connectivity index (χ4n) is 5.05. The molecule has 0 saturated heterocycles. The van der Waals surface area contributed by atoms with Gasteiger partial charge in [-0.25, -0.2) is 0 Å². The Labute approximate surface area is 195 Å². The van der Waals surface area contributed by atoms with Crippen LogP contribution >= 0.6 is 0 Å². The van der Waals surface area contributed by atoms with Crippen molar-refractivity contribution in [2.45, 2.75) is 82.1 Å². The number of nitrogens with one attached hydrogen (secondary N) is 2. The molecular weight excluding hydrogens is 416 g/mol. The number of hydrogen-bond acceptors (Lipinski definition) is 4. The molecule has 176 valence electrons. The summed E-state index contributed by atoms with van der Waals surface area (Å²) in [5.41, 5.74) is 1.72. The molecule has 2 aromatic carbocycles. The number of benzene rings is 2. The molecule has 0 aromatic heterocycles. The Hall–Kier alpha value is -2.70. The van der Waals surface area contributed by atoms with E-state index in [2.05, 4.69) is 10.6 Å². The van der Waals surface area contributed by atoms with E-state index < -0.39 is 35.1 Å². The monoisotopic (exact) mass is 450 g/mol. The van der Waals surface area contributed by atoms with E-state index in [1.807, 2.05) is 62.4 Å². The van der Waals surface area contributed by atoms with E-state index in [1.165, 1.54) is 0 Å². The molecule has 0 bridgehead atoms. The second-order valence-electron chi connectivity index (χ2n) is 9.81. The summed E-state index contributed by atoms with van der Waals surface area (Å²) in [6, 6.07) is 14.2. The SMILES string of the molecule is Cc1ccccc1[C@@H](NC(=O)CC(=O)N[C@H](c1ccccc1C)C1(O)CCC1)C1(O)CCC1. The van der Waals surface area contributed by atoms with Crippen molar-refractivity contribution < 1.29 is 19.8 Å². The Bertz CT molecular complexity index is 945. The predicted octanol–water partition coefficient (Wildman–Crippen LogP) is 3.54. The number of amides is 2. The van der Waals surface area contributed by atoms with Crippen molar-refractivity contribution in [3.05, 3.63) is 70.8 Å². The lowest BCUT2D eigenvalue weighted by molar-refractivity contribution is -0.136. The molecule has 2 amide bonds. The van der Waals surface area contributed by atoms with Crippen LogP contribution in [0.1, 0.15) is 79.3 Å². The minimum Gasteiger partial charge on any atom is -0.387 e. The molecule has 2 saturated carbocycles. The summed E-state index contributed by atoms with van der Waals surface area (Å²) in [5, 5.41) is 28.0. The van der Waals surface area contributed by atoms with Crippen LogP contribution in [0.5, 0.6) is 0 Å². The second-order valence-corrected chi connectivity index (χ2v) is 9.81. The average molecular weight is 451 g/mol. The van der Waals surface area contributed by atoms with E-state index >= 15 is 0 Å². The molecule has 0 radical (unpaired) electrons. The van der Waals surface area contributed by atoms with Gasteiger partial charge in [0.15, 0.2) is 0 Å². The van der Waals surface area contributed by atoms with Crippen molar-refractivity contribution in [1.82, 2.24) is 10.6 Å². The van der Waals surface area contributed by atoms with Crippen LogP contribution in [0.15, 0.2) is 48.5 Å². The van der Waals surface area contributed by atoms with Gasteiger partial charge in [-0.15, -0.1) is 0 Å². The summed E-state index contributed by atoms with van der Waals surface area (Å²) in [6.07, 6.45) is 3.90. The highest BCUT2D eigenvalue weighted by Crippen LogP contribution is 2.44. The average Bonchev–Trinajstić information content (AvgIpc) is 2.74. The van der Waals surface area contributed by atoms with Gasteiger partial charge in [0.05, 0.1) is 23.3 Å². The van der Waals surface area contributed by atoms with Gasteiger partial charge in [-0.2, -0.15) is 0 Å². The first-order chi connectivity index (χ1) is 15.7. The quantitative estimate of drug-likeness (QED) is 0.463. The first-order valence-electron chi connectivity index (χ1n) is 11.9. The molecule has 2 aromatic rings. The van der Waals surface area contributed by atoms with Crippen molar-refractivity contribution in [1.29, 1.82) is 0 Å². The van der Waals surface area contributed by atoms with Gasteiger partial charge in [0.2, 0.25) is 11.8 Å². The first kappa shape index (κ1) is 23.5. The molecule has 4 rings (SSSR count). The predicted molar refractivity (Wildman–Crippen MR) is 126 cm³/mol. The van der Waals surface area contributed by atoms with Gasteiger partial charge < -0.3 is 20.8 Å². The van der Waals surface area contributed by atoms with Crippen LogP contribution in [-0.2, 0) is 9.59 Å². The molecule has 0 aliphatic heterocycles. The molecule has 2 aliphatic carbocycles. The van der Waals surface area contributed by atoms with Crippen molar-refractivity contribution >= 4 is 11.8 Å². The van der Waals surface area contributed by atoms with Crippen molar-refractivity contribution in [2.75, 3.05) is 0 Å². The highest BCUT2D eigenvalue weighted by molar-refractivity contribution is 5.97. The highest BCUT2D eigenvalue weighted by atomic mass is 16.3. The third-order valence-corrected chi connectivity index (χ3v) is 7.44. The van der Waals surface area contributed by atoms with Crippen LogP contribution in [0.4, 0.5) is 0 Å². The van der Waals surface area contributed by atoms with Gasteiger partial charge in [-0.05, 0) is 74.6 Å². The standard InChI is InChI=1S/C27H34N2O4/c1-18-9-3-5-11-20(18)24(26(32)13-7-14-26)28-22(30)17-23(31)29-25(27(33)15-8-16-27)21-12-6-4-10-19(21)2/h3-6,9-12,24-25,32-33H,7-8,13-17H2,1-2H3,(H,28,30)(H,29,31)/t24-,25-/m1/s1. The van der Waals surface area contributed by atoms with Gasteiger partial charge in [0, 0.05) is 0 Å². The number of rotatable bonds is 8. The number of carbonyl (C=O) groups is 2. The van der Waals surface area contributed by atoms with Gasteiger partial charge >= 0.3 is 0 Å². The maximum absolute atomic E-state index is 12.9. The molecule has 0 unspecified atom stereocenters. The van der Waals surface area contributed by atoms with Crippen molar-refractivity contribution in [3.8, 4) is 0 Å². The number of aryl methyl sites for hydroxylation is 2. The van der Waals surface area contributed by atoms with Crippen LogP contribution in [0.3, 0.4) is 0 Å². The van der Waals surface area contributed by atoms with Gasteiger partial charge in [0.25, 0.3) is 0 Å². The Balaban J connectivity index is 1.47. The van der Waals surface area contributed by atoms with Gasteiger partial charge in [-0.3, -0.25) is 9.59 Å². The maximum Gasteiger partial charge on any atom is 0.230 e. The Morgan fingerprint density at radius 1 is 0.758 bits per heavy atom. The second kappa shape index (κ2) is 9.27. The first-order valence-corrected chi connectivity index (χ1v) is 11.9. The molecule has 2 atom stereocenters. The molecule has 33 heavy (non-hydrogen) atoms. The molecule has 6 heteroatoms. The minimum atomic E-state index is -0.997. The van der Waals surface area contributed by atoms with Crippen LogP contribution < -0.4 is 10.6 Å². The molecule has 6 nitrogen and oxygen atoms in total. The summed E-state index contributed by atoms with van der Waals surface area (Å²) < 4.78 is 0. The number of aliphatic hydroxyl groups is 2. The topological polar surface area (TPSA) is 98.7 Å². The third kappa shape index (κ3) is 4.82. The van der Waals surface area contributed by atoms with Crippen LogP contribution in [0.2, 0.25) is 0 Å². The number of carbonyl (C=O) groups excluding carboxylic acids is 2. The lowest BCUT2D eigenvalue weighted by Crippen LogP contribution is -2.53. The van der Waals surface area contributed by atoms with E-state index in [0.717, 1.165) is 35.1 Å². The number of hydrogen-bond donors (Lipinski definition) is 4. The summed E-state index contributed by atoms with van der Waals surface area (Å²) in [4.78, 5) is 25.8. The summed E-state index contributed by atoms with van der Waals surface area (Å²) in [5.74, 6) is -0.879. The van der Waals surface area contributed by atoms with Crippen molar-refractivity contribution in [3.63, 3.8) is 0 Å². The summed E-state index contributed by atoms with van der Waals surface area (Å²) in [7, 11) is 0. The smallest absolute Gasteiger partial charge is 0.230 e. The maximum atomic E-state index is 12.9. The van der Waals surface area contributed by atoms with E-state index in [9.17, 15) is 19.8 Å². The zero-order chi connectivity index (χ0) is 23.6. The van der Waals surface area contributed by atoms with Crippen LogP contribution in [0.25, 0.3) is 0 Å². The highest BCUT2D eigenvalue weighted by Gasteiger charge is 2.46. The largest absolute Gasteiger partial charge is 0.387 e. The molecular formula is C27H34N2O4.